The van der Waals surface area contributed by atoms with Crippen molar-refractivity contribution in [3.05, 3.63) is 91.7 Å². The number of rotatable bonds is 14. The van der Waals surface area contributed by atoms with E-state index in [0.717, 1.165) is 9.13 Å². The molecule has 0 unspecified atom stereocenters. The predicted molar refractivity (Wildman–Crippen MR) is 184 cm³/mol. The third-order valence-corrected chi connectivity index (χ3v) is 7.65. The Labute approximate surface area is 291 Å². The van der Waals surface area contributed by atoms with Gasteiger partial charge in [0.1, 0.15) is 6.61 Å². The number of ether oxygens (including phenoxy) is 5. The molecule has 13 nitrogen and oxygen atoms in total. The summed E-state index contributed by atoms with van der Waals surface area (Å²) in [5.41, 5.74) is 5.78. The summed E-state index contributed by atoms with van der Waals surface area (Å²) in [6.45, 7) is 5.70. The molecule has 0 aliphatic carbocycles. The fraction of sp³-hybridized carbons (Fsp3) is 0.265. The highest BCUT2D eigenvalue weighted by Gasteiger charge is 2.32. The Kier molecular flexibility index (Phi) is 12.6. The maximum atomic E-state index is 12.6. The molecule has 0 saturated heterocycles. The molecule has 0 bridgehead atoms. The normalized spacial score (nSPS) is 14.0. The van der Waals surface area contributed by atoms with E-state index in [1.165, 1.54) is 13.3 Å². The number of nitriles is 1. The van der Waals surface area contributed by atoms with Crippen molar-refractivity contribution < 1.29 is 38.1 Å². The topological polar surface area (TPSA) is 170 Å². The number of amides is 3. The Bertz CT molecular complexity index is 1770. The van der Waals surface area contributed by atoms with Crippen molar-refractivity contribution in [1.82, 2.24) is 16.1 Å². The quantitative estimate of drug-likeness (QED) is 0.0897. The second-order valence-electron chi connectivity index (χ2n) is 10.1. The summed E-state index contributed by atoms with van der Waals surface area (Å²) in [7, 11) is 1.44. The molecule has 3 N–H and O–H groups in total. The molecule has 0 spiro atoms. The van der Waals surface area contributed by atoms with Crippen LogP contribution >= 0.6 is 22.6 Å². The van der Waals surface area contributed by atoms with E-state index < -0.39 is 23.9 Å². The number of benzene rings is 3. The molecule has 0 saturated carbocycles. The number of carbonyl (C=O) groups is 3. The molecule has 0 fully saturated rings. The van der Waals surface area contributed by atoms with Crippen LogP contribution in [0, 0.1) is 14.9 Å². The SMILES string of the molecule is CCOC(=O)C1=C(C)NC(=O)N[C@H]1c1ccc(OCC(=O)N/N=C/c2cc(I)c(OCc3ccc(C#N)cc3)c(OCC)c2)c(OC)c1. The van der Waals surface area contributed by atoms with Crippen LogP contribution in [0.1, 0.15) is 49.1 Å². The van der Waals surface area contributed by atoms with Crippen LogP contribution in [0.4, 0.5) is 4.79 Å². The lowest BCUT2D eigenvalue weighted by molar-refractivity contribution is -0.139. The zero-order valence-corrected chi connectivity index (χ0v) is 28.9. The van der Waals surface area contributed by atoms with E-state index in [1.807, 2.05) is 25.1 Å². The van der Waals surface area contributed by atoms with Gasteiger partial charge in [-0.3, -0.25) is 4.79 Å². The van der Waals surface area contributed by atoms with Gasteiger partial charge in [0, 0.05) is 5.70 Å². The van der Waals surface area contributed by atoms with E-state index in [-0.39, 0.29) is 30.3 Å². The Hall–Kier alpha value is -5.30. The van der Waals surface area contributed by atoms with Crippen LogP contribution in [0.3, 0.4) is 0 Å². The first-order chi connectivity index (χ1) is 23.2. The second-order valence-corrected chi connectivity index (χ2v) is 11.3. The maximum Gasteiger partial charge on any atom is 0.338 e. The van der Waals surface area contributed by atoms with E-state index >= 15 is 0 Å². The molecule has 1 aliphatic heterocycles. The van der Waals surface area contributed by atoms with Gasteiger partial charge < -0.3 is 34.3 Å². The highest BCUT2D eigenvalue weighted by atomic mass is 127. The van der Waals surface area contributed by atoms with Crippen LogP contribution in [0.5, 0.6) is 23.0 Å². The van der Waals surface area contributed by atoms with E-state index in [0.29, 0.717) is 47.1 Å². The van der Waals surface area contributed by atoms with Crippen molar-refractivity contribution in [1.29, 1.82) is 5.26 Å². The Morgan fingerprint density at radius 1 is 1.02 bits per heavy atom. The van der Waals surface area contributed by atoms with Crippen molar-refractivity contribution in [3.8, 4) is 29.1 Å². The summed E-state index contributed by atoms with van der Waals surface area (Å²) in [6.07, 6.45) is 1.48. The molecule has 4 rings (SSSR count). The number of urea groups is 1. The van der Waals surface area contributed by atoms with Gasteiger partial charge in [-0.25, -0.2) is 15.0 Å². The number of halogens is 1. The summed E-state index contributed by atoms with van der Waals surface area (Å²) >= 11 is 2.15. The van der Waals surface area contributed by atoms with Gasteiger partial charge in [0.05, 0.1) is 53.4 Å². The third kappa shape index (κ3) is 9.16. The summed E-state index contributed by atoms with van der Waals surface area (Å²) in [6, 6.07) is 16.4. The summed E-state index contributed by atoms with van der Waals surface area (Å²) in [5.74, 6) is 0.574. The average molecular weight is 768 g/mol. The number of carbonyl (C=O) groups excluding carboxylic acids is 3. The second kappa shape index (κ2) is 17.0. The van der Waals surface area contributed by atoms with Crippen LogP contribution in [0.15, 0.2) is 71.0 Å². The predicted octanol–water partition coefficient (Wildman–Crippen LogP) is 4.87. The molecule has 3 aromatic rings. The van der Waals surface area contributed by atoms with E-state index in [2.05, 4.69) is 49.8 Å². The fourth-order valence-corrected chi connectivity index (χ4v) is 5.44. The molecule has 1 heterocycles. The first kappa shape index (κ1) is 35.6. The molecule has 250 valence electrons. The van der Waals surface area contributed by atoms with Crippen LogP contribution in [0.2, 0.25) is 0 Å². The highest BCUT2D eigenvalue weighted by molar-refractivity contribution is 14.1. The minimum atomic E-state index is -0.784. The number of esters is 1. The number of methoxy groups -OCH3 is 1. The van der Waals surface area contributed by atoms with Gasteiger partial charge in [0.25, 0.3) is 5.91 Å². The van der Waals surface area contributed by atoms with Gasteiger partial charge in [-0.1, -0.05) is 18.2 Å². The molecule has 0 aromatic heterocycles. The van der Waals surface area contributed by atoms with Gasteiger partial charge in [-0.2, -0.15) is 10.4 Å². The van der Waals surface area contributed by atoms with Gasteiger partial charge >= 0.3 is 12.0 Å². The number of hydrogen-bond acceptors (Lipinski definition) is 10. The molecule has 3 aromatic carbocycles. The minimum Gasteiger partial charge on any atom is -0.493 e. The van der Waals surface area contributed by atoms with Gasteiger partial charge in [-0.15, -0.1) is 0 Å². The van der Waals surface area contributed by atoms with E-state index in [4.69, 9.17) is 28.9 Å². The number of hydrogen-bond donors (Lipinski definition) is 3. The Morgan fingerprint density at radius 3 is 2.48 bits per heavy atom. The van der Waals surface area contributed by atoms with Crippen molar-refractivity contribution in [2.75, 3.05) is 26.9 Å². The largest absolute Gasteiger partial charge is 0.493 e. The molecule has 1 atom stereocenters. The van der Waals surface area contributed by atoms with Crippen molar-refractivity contribution in [2.45, 2.75) is 33.4 Å². The molecule has 3 amide bonds. The highest BCUT2D eigenvalue weighted by Crippen LogP contribution is 2.36. The number of hydrazone groups is 1. The Morgan fingerprint density at radius 2 is 1.79 bits per heavy atom. The van der Waals surface area contributed by atoms with Crippen LogP contribution in [-0.2, 0) is 20.9 Å². The van der Waals surface area contributed by atoms with Gasteiger partial charge in [0.2, 0.25) is 0 Å². The molecular formula is C34H34IN5O8. The van der Waals surface area contributed by atoms with Crippen LogP contribution < -0.4 is 35.0 Å². The van der Waals surface area contributed by atoms with Crippen molar-refractivity contribution in [3.63, 3.8) is 0 Å². The first-order valence-electron chi connectivity index (χ1n) is 14.8. The fourth-order valence-electron chi connectivity index (χ4n) is 4.66. The summed E-state index contributed by atoms with van der Waals surface area (Å²) in [4.78, 5) is 37.4. The van der Waals surface area contributed by atoms with Crippen molar-refractivity contribution in [2.24, 2.45) is 5.10 Å². The third-order valence-electron chi connectivity index (χ3n) is 6.85. The van der Waals surface area contributed by atoms with Crippen LogP contribution in [-0.4, -0.2) is 51.1 Å². The van der Waals surface area contributed by atoms with Gasteiger partial charge in [-0.05, 0) is 96.5 Å². The van der Waals surface area contributed by atoms with E-state index in [9.17, 15) is 14.4 Å². The Balaban J connectivity index is 1.38. The monoisotopic (exact) mass is 767 g/mol. The zero-order valence-electron chi connectivity index (χ0n) is 26.7. The number of nitrogens with zero attached hydrogens (tertiary/aromatic N) is 2. The smallest absolute Gasteiger partial charge is 0.338 e. The summed E-state index contributed by atoms with van der Waals surface area (Å²) in [5, 5.41) is 18.4. The molecule has 14 heteroatoms. The number of nitrogens with one attached hydrogen (secondary N) is 3. The zero-order chi connectivity index (χ0) is 34.6. The molecule has 0 radical (unpaired) electrons. The first-order valence-corrected chi connectivity index (χ1v) is 15.9. The average Bonchev–Trinajstić information content (AvgIpc) is 3.07. The summed E-state index contributed by atoms with van der Waals surface area (Å²) < 4.78 is 29.0. The molecular weight excluding hydrogens is 733 g/mol. The molecule has 1 aliphatic rings. The van der Waals surface area contributed by atoms with Crippen molar-refractivity contribution >= 4 is 46.7 Å². The standard InChI is InChI=1S/C34H34IN5O8/c1-5-45-28-14-23(13-25(35)32(28)48-18-22-9-7-21(16-36)8-10-22)17-37-40-29(41)19-47-26-12-11-24(15-27(26)44-4)31-30(33(42)46-6-2)20(3)38-34(43)39-31/h7-15,17,31H,5-6,18-19H2,1-4H3,(H,40,41)(H2,38,39,43)/b37-17+/t31-/m0/s1. The molecule has 48 heavy (non-hydrogen) atoms. The maximum absolute atomic E-state index is 12.6. The number of allylic oxidation sites excluding steroid dienone is 1. The van der Waals surface area contributed by atoms with Crippen LogP contribution in [0.25, 0.3) is 0 Å². The van der Waals surface area contributed by atoms with Gasteiger partial charge in [0.15, 0.2) is 29.6 Å². The lowest BCUT2D eigenvalue weighted by atomic mass is 9.95. The van der Waals surface area contributed by atoms with E-state index in [1.54, 1.807) is 50.2 Å². The lowest BCUT2D eigenvalue weighted by Crippen LogP contribution is -2.45. The lowest BCUT2D eigenvalue weighted by Gasteiger charge is -2.28. The minimum absolute atomic E-state index is 0.176.